The molecule has 0 spiro atoms. The zero-order valence-electron chi connectivity index (χ0n) is 9.14. The Bertz CT molecular complexity index is 512. The van der Waals surface area contributed by atoms with Crippen molar-refractivity contribution in [3.05, 3.63) is 27.0 Å². The van der Waals surface area contributed by atoms with E-state index in [1.54, 1.807) is 0 Å². The van der Waals surface area contributed by atoms with Gasteiger partial charge in [-0.05, 0) is 15.9 Å². The van der Waals surface area contributed by atoms with Crippen LogP contribution in [0.3, 0.4) is 0 Å². The van der Waals surface area contributed by atoms with Crippen LogP contribution >= 0.6 is 15.9 Å². The van der Waals surface area contributed by atoms with E-state index in [1.807, 2.05) is 0 Å². The quantitative estimate of drug-likeness (QED) is 0.478. The maximum Gasteiger partial charge on any atom is 0.311 e. The number of pyridine rings is 1. The van der Waals surface area contributed by atoms with Gasteiger partial charge in [-0.15, -0.1) is 6.42 Å². The van der Waals surface area contributed by atoms with Gasteiger partial charge in [-0.2, -0.15) is 0 Å². The Hall–Kier alpha value is -2.14. The molecule has 94 valence electrons. The summed E-state index contributed by atoms with van der Waals surface area (Å²) in [4.78, 5) is 25.2. The molecule has 1 heterocycles. The number of nitro groups is 1. The van der Waals surface area contributed by atoms with Gasteiger partial charge in [0.1, 0.15) is 11.9 Å². The molecule has 18 heavy (non-hydrogen) atoms. The predicted octanol–water partition coefficient (Wildman–Crippen LogP) is 0.914. The minimum Gasteiger partial charge on any atom is -0.370 e. The lowest BCUT2D eigenvalue weighted by Gasteiger charge is -2.08. The van der Waals surface area contributed by atoms with E-state index in [1.165, 1.54) is 6.20 Å². The lowest BCUT2D eigenvalue weighted by atomic mass is 10.3. The van der Waals surface area contributed by atoms with Crippen LogP contribution in [0.1, 0.15) is 0 Å². The molecule has 2 N–H and O–H groups in total. The van der Waals surface area contributed by atoms with E-state index in [-0.39, 0.29) is 30.4 Å². The molecule has 1 aromatic heterocycles. The summed E-state index contributed by atoms with van der Waals surface area (Å²) in [5, 5.41) is 15.9. The normalized spacial score (nSPS) is 9.33. The maximum absolute atomic E-state index is 11.3. The van der Waals surface area contributed by atoms with E-state index in [0.717, 1.165) is 6.20 Å². The molecule has 7 nitrogen and oxygen atoms in total. The summed E-state index contributed by atoms with van der Waals surface area (Å²) >= 11 is 3.12. The number of nitrogens with zero attached hydrogens (tertiary/aromatic N) is 2. The molecule has 0 bridgehead atoms. The average molecular weight is 313 g/mol. The summed E-state index contributed by atoms with van der Waals surface area (Å²) in [5.74, 6) is 1.89. The van der Waals surface area contributed by atoms with Gasteiger partial charge in [0.05, 0.1) is 22.5 Å². The highest BCUT2D eigenvalue weighted by atomic mass is 79.9. The first-order valence-corrected chi connectivity index (χ1v) is 5.57. The molecule has 8 heteroatoms. The van der Waals surface area contributed by atoms with Crippen LogP contribution in [0.5, 0.6) is 0 Å². The third-order valence-corrected chi connectivity index (χ3v) is 2.49. The Morgan fingerprint density at radius 2 is 2.33 bits per heavy atom. The number of amides is 1. The fraction of sp³-hybridized carbons (Fsp3) is 0.200. The zero-order chi connectivity index (χ0) is 13.5. The van der Waals surface area contributed by atoms with E-state index < -0.39 is 4.92 Å². The topological polar surface area (TPSA) is 97.2 Å². The summed E-state index contributed by atoms with van der Waals surface area (Å²) in [7, 11) is 0. The largest absolute Gasteiger partial charge is 0.370 e. The zero-order valence-corrected chi connectivity index (χ0v) is 10.7. The van der Waals surface area contributed by atoms with E-state index in [0.29, 0.717) is 4.47 Å². The van der Waals surface area contributed by atoms with E-state index in [2.05, 4.69) is 37.5 Å². The van der Waals surface area contributed by atoms with Crippen LogP contribution in [-0.2, 0) is 4.79 Å². The highest BCUT2D eigenvalue weighted by molar-refractivity contribution is 9.10. The van der Waals surface area contributed by atoms with Crippen LogP contribution in [-0.4, -0.2) is 28.9 Å². The van der Waals surface area contributed by atoms with E-state index >= 15 is 0 Å². The Balaban J connectivity index is 2.76. The van der Waals surface area contributed by atoms with Gasteiger partial charge < -0.3 is 10.6 Å². The molecule has 0 unspecified atom stereocenters. The third-order valence-electron chi connectivity index (χ3n) is 1.89. The van der Waals surface area contributed by atoms with Crippen molar-refractivity contribution in [2.45, 2.75) is 0 Å². The highest BCUT2D eigenvalue weighted by Crippen LogP contribution is 2.30. The molecule has 0 aliphatic rings. The first-order chi connectivity index (χ1) is 8.56. The highest BCUT2D eigenvalue weighted by Gasteiger charge is 2.17. The summed E-state index contributed by atoms with van der Waals surface area (Å²) in [6.07, 6.45) is 7.48. The van der Waals surface area contributed by atoms with Gasteiger partial charge in [-0.25, -0.2) is 0 Å². The van der Waals surface area contributed by atoms with Gasteiger partial charge in [0.2, 0.25) is 5.91 Å². The van der Waals surface area contributed by atoms with Crippen molar-refractivity contribution in [2.24, 2.45) is 0 Å². The molecular formula is C10H9BrN4O3. The molecule has 0 saturated carbocycles. The number of anilines is 1. The first kappa shape index (κ1) is 13.9. The van der Waals surface area contributed by atoms with Crippen molar-refractivity contribution in [3.63, 3.8) is 0 Å². The second-order valence-electron chi connectivity index (χ2n) is 3.11. The molecular weight excluding hydrogens is 304 g/mol. The summed E-state index contributed by atoms with van der Waals surface area (Å²) in [6, 6.07) is 0. The summed E-state index contributed by atoms with van der Waals surface area (Å²) < 4.78 is 0.404. The van der Waals surface area contributed by atoms with Gasteiger partial charge in [0.25, 0.3) is 0 Å². The SMILES string of the molecule is C#CCNC(=O)CNc1c(Br)cncc1[N+](=O)[O-]. The smallest absolute Gasteiger partial charge is 0.311 e. The number of halogens is 1. The number of terminal acetylenes is 1. The molecule has 1 amide bonds. The molecule has 1 rings (SSSR count). The number of hydrogen-bond donors (Lipinski definition) is 2. The summed E-state index contributed by atoms with van der Waals surface area (Å²) in [5.41, 5.74) is -0.0139. The number of nitrogens with one attached hydrogen (secondary N) is 2. The fourth-order valence-corrected chi connectivity index (χ4v) is 1.58. The Morgan fingerprint density at radius 3 is 2.94 bits per heavy atom. The van der Waals surface area contributed by atoms with Crippen LogP contribution in [0, 0.1) is 22.5 Å². The average Bonchev–Trinajstić information content (AvgIpc) is 2.34. The Labute approximate surface area is 111 Å². The number of carbonyl (C=O) groups is 1. The fourth-order valence-electron chi connectivity index (χ4n) is 1.12. The van der Waals surface area contributed by atoms with E-state index in [9.17, 15) is 14.9 Å². The molecule has 0 radical (unpaired) electrons. The molecule has 0 aromatic carbocycles. The molecule has 0 saturated heterocycles. The van der Waals surface area contributed by atoms with Crippen molar-refractivity contribution in [2.75, 3.05) is 18.4 Å². The molecule has 0 atom stereocenters. The lowest BCUT2D eigenvalue weighted by molar-refractivity contribution is -0.384. The maximum atomic E-state index is 11.3. The van der Waals surface area contributed by atoms with Gasteiger partial charge in [-0.3, -0.25) is 19.9 Å². The Kier molecular flexibility index (Phi) is 5.07. The standard InChI is InChI=1S/C10H9BrN4O3/c1-2-3-13-9(16)6-14-10-7(11)4-12-5-8(10)15(17)18/h1,4-5H,3,6H2,(H,12,14)(H,13,16). The predicted molar refractivity (Wildman–Crippen MR) is 68.9 cm³/mol. The second kappa shape index (κ2) is 6.56. The number of aromatic nitrogens is 1. The lowest BCUT2D eigenvalue weighted by Crippen LogP contribution is -2.30. The minimum absolute atomic E-state index is 0.111. The first-order valence-electron chi connectivity index (χ1n) is 4.78. The van der Waals surface area contributed by atoms with Crippen molar-refractivity contribution >= 4 is 33.2 Å². The third kappa shape index (κ3) is 3.71. The molecule has 1 aromatic rings. The number of carbonyl (C=O) groups excluding carboxylic acids is 1. The van der Waals surface area contributed by atoms with E-state index in [4.69, 9.17) is 6.42 Å². The minimum atomic E-state index is -0.584. The van der Waals surface area contributed by atoms with Gasteiger partial charge in [-0.1, -0.05) is 5.92 Å². The Morgan fingerprint density at radius 1 is 1.61 bits per heavy atom. The number of hydrogen-bond acceptors (Lipinski definition) is 5. The molecule has 0 aliphatic heterocycles. The monoisotopic (exact) mass is 312 g/mol. The van der Waals surface area contributed by atoms with Gasteiger partial charge in [0.15, 0.2) is 0 Å². The van der Waals surface area contributed by atoms with Crippen LogP contribution in [0.4, 0.5) is 11.4 Å². The van der Waals surface area contributed by atoms with Crippen molar-refractivity contribution < 1.29 is 9.72 Å². The molecule has 0 aliphatic carbocycles. The van der Waals surface area contributed by atoms with Gasteiger partial charge >= 0.3 is 5.69 Å². The van der Waals surface area contributed by atoms with Crippen LogP contribution in [0.25, 0.3) is 0 Å². The summed E-state index contributed by atoms with van der Waals surface area (Å²) in [6.45, 7) is -0.00868. The van der Waals surface area contributed by atoms with Crippen LogP contribution in [0.2, 0.25) is 0 Å². The van der Waals surface area contributed by atoms with Crippen molar-refractivity contribution in [1.29, 1.82) is 0 Å². The van der Waals surface area contributed by atoms with Crippen molar-refractivity contribution in [1.82, 2.24) is 10.3 Å². The van der Waals surface area contributed by atoms with Crippen molar-refractivity contribution in [3.8, 4) is 12.3 Å². The molecule has 0 fully saturated rings. The van der Waals surface area contributed by atoms with Crippen LogP contribution < -0.4 is 10.6 Å². The van der Waals surface area contributed by atoms with Crippen LogP contribution in [0.15, 0.2) is 16.9 Å². The van der Waals surface area contributed by atoms with Gasteiger partial charge in [0, 0.05) is 6.20 Å². The number of rotatable bonds is 5. The second-order valence-corrected chi connectivity index (χ2v) is 3.96.